The largest absolute Gasteiger partial charge is 0.382 e. The van der Waals surface area contributed by atoms with E-state index in [4.69, 9.17) is 0 Å². The Balaban J connectivity index is 1.58. The first-order chi connectivity index (χ1) is 16.8. The van der Waals surface area contributed by atoms with Gasteiger partial charge in [0.25, 0.3) is 10.0 Å². The summed E-state index contributed by atoms with van der Waals surface area (Å²) in [4.78, 5) is 4.08. The molecule has 176 valence electrons. The van der Waals surface area contributed by atoms with Crippen molar-refractivity contribution < 1.29 is 17.9 Å². The minimum atomic E-state index is -4.02. The molecule has 2 aromatic carbocycles. The molecule has 1 atom stereocenters. The summed E-state index contributed by atoms with van der Waals surface area (Å²) in [5.74, 6) is -0.639. The van der Waals surface area contributed by atoms with E-state index in [1.54, 1.807) is 54.9 Å². The summed E-state index contributed by atoms with van der Waals surface area (Å²) < 4.78 is 42.2. The molecule has 0 spiro atoms. The molecule has 0 aliphatic heterocycles. The van der Waals surface area contributed by atoms with E-state index >= 15 is 0 Å². The molecule has 1 N–H and O–H groups in total. The molecule has 0 fully saturated rings. The summed E-state index contributed by atoms with van der Waals surface area (Å²) in [5.41, 5.74) is 3.85. The van der Waals surface area contributed by atoms with Crippen molar-refractivity contribution in [2.45, 2.75) is 24.8 Å². The second-order valence-corrected chi connectivity index (χ2v) is 10.1. The van der Waals surface area contributed by atoms with Gasteiger partial charge in [0.2, 0.25) is 0 Å². The maximum Gasteiger partial charge on any atom is 0.268 e. The second kappa shape index (κ2) is 8.68. The fourth-order valence-electron chi connectivity index (χ4n) is 3.96. The number of benzene rings is 2. The standard InChI is InChI=1S/C26H21FN4O3S/c1-16-5-8-20(9-6-16)35(33,34)31-15-22(27)21-10-7-18(13-24(21)31)25-17(2)12-23(29-30-25)26(32)19-4-3-11-28-14-19/h3-15,26,32H,1-2H3. The van der Waals surface area contributed by atoms with E-state index < -0.39 is 21.9 Å². The molecule has 1 unspecified atom stereocenters. The molecule has 7 nitrogen and oxygen atoms in total. The second-order valence-electron chi connectivity index (χ2n) is 8.31. The van der Waals surface area contributed by atoms with Crippen LogP contribution in [0.15, 0.2) is 84.1 Å². The highest BCUT2D eigenvalue weighted by Gasteiger charge is 2.22. The molecule has 5 rings (SSSR count). The van der Waals surface area contributed by atoms with E-state index in [2.05, 4.69) is 15.2 Å². The third-order valence-corrected chi connectivity index (χ3v) is 7.55. The summed E-state index contributed by atoms with van der Waals surface area (Å²) in [6, 6.07) is 16.4. The Bertz CT molecular complexity index is 1650. The third kappa shape index (κ3) is 4.09. The first-order valence-corrected chi connectivity index (χ1v) is 12.2. The number of pyridine rings is 1. The van der Waals surface area contributed by atoms with E-state index in [0.29, 0.717) is 22.5 Å². The molecule has 0 aliphatic rings. The number of fused-ring (bicyclic) bond motifs is 1. The van der Waals surface area contributed by atoms with Crippen LogP contribution in [-0.2, 0) is 10.0 Å². The number of nitrogens with zero attached hydrogens (tertiary/aromatic N) is 4. The number of halogens is 1. The van der Waals surface area contributed by atoms with Gasteiger partial charge < -0.3 is 5.11 Å². The molecule has 0 saturated heterocycles. The number of rotatable bonds is 5. The summed E-state index contributed by atoms with van der Waals surface area (Å²) in [7, 11) is -4.02. The van der Waals surface area contributed by atoms with Crippen molar-refractivity contribution in [3.63, 3.8) is 0 Å². The maximum absolute atomic E-state index is 14.7. The van der Waals surface area contributed by atoms with Gasteiger partial charge in [0.1, 0.15) is 11.9 Å². The minimum Gasteiger partial charge on any atom is -0.382 e. The molecule has 35 heavy (non-hydrogen) atoms. The van der Waals surface area contributed by atoms with E-state index in [0.717, 1.165) is 21.3 Å². The zero-order chi connectivity index (χ0) is 24.7. The van der Waals surface area contributed by atoms with Crippen LogP contribution >= 0.6 is 0 Å². The van der Waals surface area contributed by atoms with Gasteiger partial charge in [-0.15, -0.1) is 5.10 Å². The van der Waals surface area contributed by atoms with Gasteiger partial charge in [0, 0.05) is 28.9 Å². The summed E-state index contributed by atoms with van der Waals surface area (Å²) in [6.45, 7) is 3.67. The van der Waals surface area contributed by atoms with Gasteiger partial charge in [0.15, 0.2) is 0 Å². The van der Waals surface area contributed by atoms with Gasteiger partial charge >= 0.3 is 0 Å². The Labute approximate surface area is 201 Å². The molecule has 5 aromatic rings. The summed E-state index contributed by atoms with van der Waals surface area (Å²) in [5, 5.41) is 19.3. The lowest BCUT2D eigenvalue weighted by molar-refractivity contribution is 0.213. The first kappa shape index (κ1) is 22.8. The number of aliphatic hydroxyl groups excluding tert-OH is 1. The molecule has 3 aromatic heterocycles. The van der Waals surface area contributed by atoms with Gasteiger partial charge in [-0.05, 0) is 55.8 Å². The molecule has 9 heteroatoms. The highest BCUT2D eigenvalue weighted by molar-refractivity contribution is 7.90. The van der Waals surface area contributed by atoms with E-state index in [1.165, 1.54) is 18.2 Å². The maximum atomic E-state index is 14.7. The number of aromatic nitrogens is 4. The third-order valence-electron chi connectivity index (χ3n) is 5.86. The van der Waals surface area contributed by atoms with Crippen LogP contribution in [0.3, 0.4) is 0 Å². The molecule has 0 amide bonds. The average molecular weight is 489 g/mol. The minimum absolute atomic E-state index is 0.0649. The predicted octanol–water partition coefficient (Wildman–Crippen LogP) is 4.57. The monoisotopic (exact) mass is 488 g/mol. The Morgan fingerprint density at radius 3 is 2.46 bits per heavy atom. The molecular formula is C26H21FN4O3S. The fraction of sp³-hybridized carbons (Fsp3) is 0.115. The normalized spacial score (nSPS) is 12.7. The Hall–Kier alpha value is -3.95. The Morgan fingerprint density at radius 1 is 1.00 bits per heavy atom. The van der Waals surface area contributed by atoms with E-state index in [9.17, 15) is 17.9 Å². The lowest BCUT2D eigenvalue weighted by atomic mass is 10.0. The van der Waals surface area contributed by atoms with Crippen LogP contribution in [0.1, 0.15) is 28.5 Å². The first-order valence-electron chi connectivity index (χ1n) is 10.8. The van der Waals surface area contributed by atoms with Gasteiger partial charge in [-0.1, -0.05) is 29.8 Å². The van der Waals surface area contributed by atoms with Crippen molar-refractivity contribution in [2.24, 2.45) is 0 Å². The summed E-state index contributed by atoms with van der Waals surface area (Å²) in [6.07, 6.45) is 3.16. The number of hydrogen-bond donors (Lipinski definition) is 1. The molecule has 3 heterocycles. The molecule has 0 radical (unpaired) electrons. The van der Waals surface area contributed by atoms with Crippen LogP contribution in [0.25, 0.3) is 22.2 Å². The Morgan fingerprint density at radius 2 is 1.77 bits per heavy atom. The molecular weight excluding hydrogens is 467 g/mol. The van der Waals surface area contributed by atoms with Crippen molar-refractivity contribution in [1.82, 2.24) is 19.2 Å². The zero-order valence-electron chi connectivity index (χ0n) is 18.9. The molecule has 0 saturated carbocycles. The van der Waals surface area contributed by atoms with Crippen LogP contribution in [0.5, 0.6) is 0 Å². The lowest BCUT2D eigenvalue weighted by Crippen LogP contribution is -2.12. The Kier molecular flexibility index (Phi) is 5.66. The molecule has 0 bridgehead atoms. The molecule has 0 aliphatic carbocycles. The van der Waals surface area contributed by atoms with E-state index in [-0.39, 0.29) is 15.8 Å². The quantitative estimate of drug-likeness (QED) is 0.389. The van der Waals surface area contributed by atoms with Gasteiger partial charge in [-0.2, -0.15) is 5.10 Å². The van der Waals surface area contributed by atoms with Crippen molar-refractivity contribution >= 4 is 20.9 Å². The van der Waals surface area contributed by atoms with Crippen LogP contribution in [0, 0.1) is 19.7 Å². The zero-order valence-corrected chi connectivity index (χ0v) is 19.7. The smallest absolute Gasteiger partial charge is 0.268 e. The fourth-order valence-corrected chi connectivity index (χ4v) is 5.31. The predicted molar refractivity (Wildman–Crippen MR) is 130 cm³/mol. The van der Waals surface area contributed by atoms with Crippen LogP contribution in [0.4, 0.5) is 4.39 Å². The van der Waals surface area contributed by atoms with Gasteiger partial charge in [-0.3, -0.25) is 4.98 Å². The summed E-state index contributed by atoms with van der Waals surface area (Å²) >= 11 is 0. The van der Waals surface area contributed by atoms with Crippen LogP contribution in [-0.4, -0.2) is 32.7 Å². The van der Waals surface area contributed by atoms with Gasteiger partial charge in [0.05, 0.1) is 28.0 Å². The van der Waals surface area contributed by atoms with Crippen LogP contribution in [0.2, 0.25) is 0 Å². The average Bonchev–Trinajstić information content (AvgIpc) is 3.21. The number of aliphatic hydroxyl groups is 1. The SMILES string of the molecule is Cc1ccc(S(=O)(=O)n2cc(F)c3ccc(-c4nnc(C(O)c5cccnc5)cc4C)cc32)cc1. The van der Waals surface area contributed by atoms with E-state index in [1.807, 2.05) is 13.8 Å². The van der Waals surface area contributed by atoms with Crippen molar-refractivity contribution in [1.29, 1.82) is 0 Å². The highest BCUT2D eigenvalue weighted by Crippen LogP contribution is 2.31. The van der Waals surface area contributed by atoms with Crippen molar-refractivity contribution in [2.75, 3.05) is 0 Å². The number of hydrogen-bond acceptors (Lipinski definition) is 6. The van der Waals surface area contributed by atoms with Gasteiger partial charge in [-0.25, -0.2) is 16.8 Å². The number of aryl methyl sites for hydroxylation is 2. The topological polar surface area (TPSA) is 98.0 Å². The van der Waals surface area contributed by atoms with Crippen molar-refractivity contribution in [3.05, 3.63) is 107 Å². The highest BCUT2D eigenvalue weighted by atomic mass is 32.2. The lowest BCUT2D eigenvalue weighted by Gasteiger charge is -2.12. The van der Waals surface area contributed by atoms with Crippen LogP contribution < -0.4 is 0 Å². The van der Waals surface area contributed by atoms with Crippen molar-refractivity contribution in [3.8, 4) is 11.3 Å².